The topological polar surface area (TPSA) is 288 Å². The van der Waals surface area contributed by atoms with Crippen LogP contribution in [0.2, 0.25) is 0 Å². The van der Waals surface area contributed by atoms with Gasteiger partial charge in [-0.15, -0.1) is 17.8 Å². The van der Waals surface area contributed by atoms with Crippen LogP contribution in [0.15, 0.2) is 176 Å². The van der Waals surface area contributed by atoms with Gasteiger partial charge in [-0.1, -0.05) is 243 Å². The van der Waals surface area contributed by atoms with Crippen LogP contribution in [0.3, 0.4) is 0 Å². The van der Waals surface area contributed by atoms with E-state index in [1.165, 1.54) is 71.9 Å². The summed E-state index contributed by atoms with van der Waals surface area (Å²) in [6.45, 7) is 13.4. The molecule has 3 rings (SSSR count). The molecule has 1 aliphatic rings. The third-order valence-corrected chi connectivity index (χ3v) is 15.5. The molecule has 118 heavy (non-hydrogen) atoms. The molecule has 0 bridgehead atoms. The largest absolute Gasteiger partial charge is 0.388 e. The van der Waals surface area contributed by atoms with Crippen LogP contribution in [0.4, 0.5) is 4.39 Å². The number of hydrogen-bond acceptors (Lipinski definition) is 15. The van der Waals surface area contributed by atoms with Gasteiger partial charge in [-0.2, -0.15) is 0 Å². The van der Waals surface area contributed by atoms with Crippen molar-refractivity contribution in [2.75, 3.05) is 0 Å². The van der Waals surface area contributed by atoms with Gasteiger partial charge in [0.2, 0.25) is 0 Å². The van der Waals surface area contributed by atoms with E-state index in [2.05, 4.69) is 118 Å². The second-order valence-electron chi connectivity index (χ2n) is 27.6. The van der Waals surface area contributed by atoms with Crippen molar-refractivity contribution < 1.29 is 79.4 Å². The molecule has 0 aliphatic heterocycles. The van der Waals surface area contributed by atoms with Crippen LogP contribution in [-0.2, 0) is 24.0 Å². The van der Waals surface area contributed by atoms with E-state index in [1.54, 1.807) is 148 Å². The zero-order valence-corrected chi connectivity index (χ0v) is 70.2. The summed E-state index contributed by atoms with van der Waals surface area (Å²) in [5.74, 6) is 57.5. The maximum Gasteiger partial charge on any atom is 0.129 e. The molecular weight excluding hydrogens is 1480 g/mol. The van der Waals surface area contributed by atoms with Gasteiger partial charge in [0.05, 0.1) is 30.5 Å². The molecule has 0 amide bonds. The molecule has 1 saturated carbocycles. The van der Waals surface area contributed by atoms with Crippen molar-refractivity contribution >= 4 is 28.9 Å². The Hall–Kier alpha value is -10.7. The molecule has 0 saturated heterocycles. The molecule has 1 aliphatic carbocycles. The van der Waals surface area contributed by atoms with Crippen LogP contribution < -0.4 is 0 Å². The molecule has 1 fully saturated rings. The Labute approximate surface area is 704 Å². The number of carbonyl (C=O) groups excluding carboxylic acids is 5. The molecule has 2 aromatic rings. The monoisotopic (exact) mass is 1610 g/mol. The molecule has 2 aromatic carbocycles. The van der Waals surface area contributed by atoms with Gasteiger partial charge in [0.15, 0.2) is 0 Å². The Bertz CT molecular complexity index is 4190. The highest BCUT2D eigenvalue weighted by Gasteiger charge is 2.11. The second-order valence-corrected chi connectivity index (χ2v) is 27.6. The van der Waals surface area contributed by atoms with Crippen LogP contribution in [-0.4, -0.2) is 141 Å². The molecule has 630 valence electrons. The van der Waals surface area contributed by atoms with E-state index in [-0.39, 0.29) is 41.2 Å². The molecule has 0 radical (unpaired) electrons. The average Bonchev–Trinajstić information content (AvgIpc) is 0.945. The summed E-state index contributed by atoms with van der Waals surface area (Å²) in [7, 11) is 0. The number of aliphatic hydroxyl groups excluding tert-OH is 10. The van der Waals surface area contributed by atoms with E-state index in [4.69, 9.17) is 0 Å². The minimum absolute atomic E-state index is 0.108. The highest BCUT2D eigenvalue weighted by atomic mass is 19.1. The first-order valence-corrected chi connectivity index (χ1v) is 40.2. The summed E-state index contributed by atoms with van der Waals surface area (Å²) < 4.78 is 12.8. The lowest BCUT2D eigenvalue weighted by Gasteiger charge is -2.15. The molecule has 0 heterocycles. The molecule has 16 heteroatoms. The van der Waals surface area contributed by atoms with Crippen molar-refractivity contribution in [1.82, 2.24) is 0 Å². The summed E-state index contributed by atoms with van der Waals surface area (Å²) >= 11 is 0. The number of halogens is 1. The zero-order valence-electron chi connectivity index (χ0n) is 70.2. The standard InChI is InChI=1S/C22H23FO3.C22H30O3.C22H24O3.C19H26O3.C17H22O3/c1-18(24)8-6-12-21(25)10-4-2-3-5-11-22(26)13-7-9-19-14-16-20(23)17-15-19;2*1-19(23)11-9-17-21(24)15-7-2-3-8-16-22(25)18-10-14-20-12-5-4-6-13-20;1-16(2)10-8-14-18(21)12-6-4-5-7-13-19(22)15-9-11-17(3)20;1-3-4-11-16(19)12-7-5-6-8-13-17(20)14-9-10-15(2)18/h2-3,5,11,14-17,21-22,25-26H,6,8,12-13H2,1H3;2-3,8,16,20-22,24-25H,4-6,9,11-13,17-18H2,1H3;2-6,8,12-13,16,21-22,24-25H,9,11,17-18H2,1H3;4-6,12,16,18-19,21-22H,9,11,14-15H2,1-3H3;5-7,12,16-17,19-20H,9-11,14H2,1-2H3/b3-2+,11-5+;2*3-2+,16-8+;5-4+,12-6+;6-5+,12-7+/t3*21-,22+;18-,19+;16-,17-/m11101/s1. The normalized spacial score (nSPS) is 14.1. The first-order valence-electron chi connectivity index (χ1n) is 40.2. The van der Waals surface area contributed by atoms with E-state index < -0.39 is 61.0 Å². The van der Waals surface area contributed by atoms with Crippen molar-refractivity contribution in [2.45, 2.75) is 277 Å². The maximum absolute atomic E-state index is 12.8. The summed E-state index contributed by atoms with van der Waals surface area (Å²) in [5, 5.41) is 96.4. The Morgan fingerprint density at radius 1 is 0.364 bits per heavy atom. The smallest absolute Gasteiger partial charge is 0.129 e. The summed E-state index contributed by atoms with van der Waals surface area (Å²) in [5.41, 5.74) is 1.62. The predicted octanol–water partition coefficient (Wildman–Crippen LogP) is 14.4. The van der Waals surface area contributed by atoms with Crippen LogP contribution in [0, 0.1) is 136 Å². The van der Waals surface area contributed by atoms with Crippen LogP contribution in [0.25, 0.3) is 0 Å². The number of Topliss-reactive ketones (excluding diaryl/α,β-unsaturated/α-hetero) is 5. The van der Waals surface area contributed by atoms with Gasteiger partial charge in [-0.25, -0.2) is 4.39 Å². The summed E-state index contributed by atoms with van der Waals surface area (Å²) in [6, 6.07) is 15.5. The molecular formula is C102H125FO15. The van der Waals surface area contributed by atoms with Crippen molar-refractivity contribution in [3.8, 4) is 118 Å². The lowest BCUT2D eigenvalue weighted by Crippen LogP contribution is -2.04. The van der Waals surface area contributed by atoms with Crippen molar-refractivity contribution in [3.05, 3.63) is 193 Å². The highest BCUT2D eigenvalue weighted by Crippen LogP contribution is 2.23. The molecule has 0 spiro atoms. The third-order valence-electron chi connectivity index (χ3n) is 15.5. The quantitative estimate of drug-likeness (QED) is 0.0227. The molecule has 10 N–H and O–H groups in total. The first-order chi connectivity index (χ1) is 56.6. The van der Waals surface area contributed by atoms with Gasteiger partial charge in [0.1, 0.15) is 65.3 Å². The average molecular weight is 1610 g/mol. The summed E-state index contributed by atoms with van der Waals surface area (Å²) in [6.07, 6.45) is 42.9. The number of rotatable bonds is 35. The van der Waals surface area contributed by atoms with Crippen LogP contribution in [0.5, 0.6) is 0 Å². The lowest BCUT2D eigenvalue weighted by atomic mass is 9.90. The fourth-order valence-electron chi connectivity index (χ4n) is 9.32. The van der Waals surface area contributed by atoms with Crippen molar-refractivity contribution in [1.29, 1.82) is 0 Å². The number of hydrogen-bond donors (Lipinski definition) is 10. The first kappa shape index (κ1) is 109. The third kappa shape index (κ3) is 81.9. The van der Waals surface area contributed by atoms with Crippen LogP contribution >= 0.6 is 0 Å². The fraction of sp³-hybridized carbons (Fsp3) is 0.441. The Balaban J connectivity index is 0. The summed E-state index contributed by atoms with van der Waals surface area (Å²) in [4.78, 5) is 53.8. The zero-order chi connectivity index (χ0) is 87.9. The Morgan fingerprint density at radius 2 is 0.644 bits per heavy atom. The van der Waals surface area contributed by atoms with Gasteiger partial charge >= 0.3 is 0 Å². The Kier molecular flexibility index (Phi) is 71.9. The SMILES string of the molecule is CC#CC[C@@H](O)/C=C/C=C/C#C[C@@H](O)CCCC(C)=O.CC(=O)CCC[C@H](O)C#C/C=C/C=C/[C@H](O)CC#CC(C)C.CC(=O)CCC[C@H](O)C#C/C=C/C=C/[C@H](O)CC#CC1CCCCC1.CC(=O)CCC[C@H](O)C#C/C=C/C=C/[C@H](O)CC#Cc1ccc(F)cc1.CC(=O)CCC[C@H](O)C#C/C=C/C=C/[C@H](O)CC#Cc1ccccc1. The second kappa shape index (κ2) is 77.5. The van der Waals surface area contributed by atoms with E-state index in [0.29, 0.717) is 139 Å². The van der Waals surface area contributed by atoms with E-state index in [1.807, 2.05) is 44.2 Å². The minimum Gasteiger partial charge on any atom is -0.388 e. The molecule has 0 aromatic heterocycles. The van der Waals surface area contributed by atoms with Crippen molar-refractivity contribution in [2.24, 2.45) is 11.8 Å². The van der Waals surface area contributed by atoms with Gasteiger partial charge in [-0.3, -0.25) is 0 Å². The predicted molar refractivity (Wildman–Crippen MR) is 473 cm³/mol. The number of ketones is 5. The van der Waals surface area contributed by atoms with Gasteiger partial charge in [-0.05, 0) is 185 Å². The fourth-order valence-corrected chi connectivity index (χ4v) is 9.32. The molecule has 0 unspecified atom stereocenters. The van der Waals surface area contributed by atoms with Crippen molar-refractivity contribution in [3.63, 3.8) is 0 Å². The highest BCUT2D eigenvalue weighted by molar-refractivity contribution is 5.76. The van der Waals surface area contributed by atoms with E-state index in [9.17, 15) is 79.4 Å². The number of carbonyl (C=O) groups is 5. The number of benzene rings is 2. The van der Waals surface area contributed by atoms with E-state index >= 15 is 0 Å². The molecule has 15 nitrogen and oxygen atoms in total. The number of allylic oxidation sites excluding steroid dienone is 15. The molecule has 10 atom stereocenters. The maximum atomic E-state index is 12.8. The van der Waals surface area contributed by atoms with Gasteiger partial charge in [0, 0.05) is 87.2 Å². The van der Waals surface area contributed by atoms with Gasteiger partial charge in [0.25, 0.3) is 0 Å². The van der Waals surface area contributed by atoms with Crippen LogP contribution in [0.1, 0.15) is 227 Å². The van der Waals surface area contributed by atoms with Gasteiger partial charge < -0.3 is 75.0 Å². The van der Waals surface area contributed by atoms with E-state index in [0.717, 1.165) is 5.56 Å². The lowest BCUT2D eigenvalue weighted by molar-refractivity contribution is -0.118. The number of aliphatic hydroxyl groups is 10. The Morgan fingerprint density at radius 3 is 0.932 bits per heavy atom. The minimum atomic E-state index is -0.740.